The third kappa shape index (κ3) is 2.23. The standard InChI is InChI=1S/C16H22N4O2/c17-14-5-6-19-15(14)11-20(16(19)21)13-3-1-12(2-4-13)18-7-9-22-10-8-18/h1-4,14-15H,5-11,17H2/t14-,15-/m1/s1. The third-order valence-electron chi connectivity index (χ3n) is 4.98. The summed E-state index contributed by atoms with van der Waals surface area (Å²) in [6.45, 7) is 4.89. The van der Waals surface area contributed by atoms with Gasteiger partial charge in [0.1, 0.15) is 0 Å². The Kier molecular flexibility index (Phi) is 3.43. The van der Waals surface area contributed by atoms with E-state index in [9.17, 15) is 4.79 Å². The maximum Gasteiger partial charge on any atom is 0.324 e. The van der Waals surface area contributed by atoms with E-state index in [0.29, 0.717) is 6.54 Å². The fourth-order valence-corrected chi connectivity index (χ4v) is 3.65. The van der Waals surface area contributed by atoms with Crippen molar-refractivity contribution in [2.75, 3.05) is 49.2 Å². The van der Waals surface area contributed by atoms with Crippen molar-refractivity contribution in [2.45, 2.75) is 18.5 Å². The van der Waals surface area contributed by atoms with Crippen LogP contribution in [0, 0.1) is 0 Å². The Hall–Kier alpha value is -1.79. The molecule has 2 amide bonds. The van der Waals surface area contributed by atoms with Gasteiger partial charge in [-0.15, -0.1) is 0 Å². The molecule has 2 N–H and O–H groups in total. The summed E-state index contributed by atoms with van der Waals surface area (Å²) in [6.07, 6.45) is 0.917. The van der Waals surface area contributed by atoms with E-state index in [1.54, 1.807) is 0 Å². The predicted molar refractivity (Wildman–Crippen MR) is 85.3 cm³/mol. The number of urea groups is 1. The lowest BCUT2D eigenvalue weighted by atomic mass is 10.1. The van der Waals surface area contributed by atoms with Crippen LogP contribution in [0.4, 0.5) is 16.2 Å². The van der Waals surface area contributed by atoms with Gasteiger partial charge in [0, 0.05) is 43.6 Å². The number of benzene rings is 1. The van der Waals surface area contributed by atoms with Crippen LogP contribution in [0.25, 0.3) is 0 Å². The molecule has 0 unspecified atom stereocenters. The fourth-order valence-electron chi connectivity index (χ4n) is 3.65. The molecule has 0 bridgehead atoms. The minimum atomic E-state index is 0.0945. The van der Waals surface area contributed by atoms with Crippen LogP contribution in [0.3, 0.4) is 0 Å². The monoisotopic (exact) mass is 302 g/mol. The zero-order valence-corrected chi connectivity index (χ0v) is 12.6. The molecule has 3 heterocycles. The minimum absolute atomic E-state index is 0.0945. The molecule has 118 valence electrons. The van der Waals surface area contributed by atoms with Gasteiger partial charge in [0.25, 0.3) is 0 Å². The van der Waals surface area contributed by atoms with E-state index >= 15 is 0 Å². The van der Waals surface area contributed by atoms with Crippen molar-refractivity contribution >= 4 is 17.4 Å². The zero-order valence-electron chi connectivity index (χ0n) is 12.6. The van der Waals surface area contributed by atoms with Gasteiger partial charge in [-0.2, -0.15) is 0 Å². The Morgan fingerprint density at radius 2 is 1.73 bits per heavy atom. The van der Waals surface area contributed by atoms with E-state index in [1.807, 2.05) is 21.9 Å². The van der Waals surface area contributed by atoms with Crippen LogP contribution < -0.4 is 15.5 Å². The van der Waals surface area contributed by atoms with Crippen molar-refractivity contribution in [1.82, 2.24) is 4.90 Å². The van der Waals surface area contributed by atoms with Crippen LogP contribution in [-0.2, 0) is 4.74 Å². The number of hydrogen-bond acceptors (Lipinski definition) is 4. The summed E-state index contributed by atoms with van der Waals surface area (Å²) in [4.78, 5) is 18.6. The molecule has 3 saturated heterocycles. The summed E-state index contributed by atoms with van der Waals surface area (Å²) >= 11 is 0. The van der Waals surface area contributed by atoms with Gasteiger partial charge in [0.15, 0.2) is 0 Å². The van der Waals surface area contributed by atoms with E-state index in [0.717, 1.165) is 45.0 Å². The van der Waals surface area contributed by atoms with Gasteiger partial charge in [-0.25, -0.2) is 4.79 Å². The summed E-state index contributed by atoms with van der Waals surface area (Å²) in [5.41, 5.74) is 8.26. The maximum atomic E-state index is 12.5. The molecular weight excluding hydrogens is 280 g/mol. The van der Waals surface area contributed by atoms with Crippen LogP contribution in [0.1, 0.15) is 6.42 Å². The first-order valence-electron chi connectivity index (χ1n) is 8.00. The quantitative estimate of drug-likeness (QED) is 0.880. The predicted octanol–water partition coefficient (Wildman–Crippen LogP) is 0.865. The Morgan fingerprint density at radius 3 is 2.41 bits per heavy atom. The molecule has 3 aliphatic heterocycles. The molecule has 1 aromatic carbocycles. The van der Waals surface area contributed by atoms with Crippen molar-refractivity contribution in [3.63, 3.8) is 0 Å². The number of amides is 2. The topological polar surface area (TPSA) is 62.0 Å². The SMILES string of the molecule is N[C@@H]1CCN2C(=O)N(c3ccc(N4CCOCC4)cc3)C[C@H]12. The molecule has 1 aromatic rings. The first kappa shape index (κ1) is 13.8. The molecular formula is C16H22N4O2. The fraction of sp³-hybridized carbons (Fsp3) is 0.562. The van der Waals surface area contributed by atoms with E-state index in [1.165, 1.54) is 5.69 Å². The molecule has 0 aliphatic carbocycles. The smallest absolute Gasteiger partial charge is 0.324 e. The number of fused-ring (bicyclic) bond motifs is 1. The summed E-state index contributed by atoms with van der Waals surface area (Å²) in [6, 6.07) is 8.64. The lowest BCUT2D eigenvalue weighted by Crippen LogP contribution is -2.37. The average molecular weight is 302 g/mol. The molecule has 0 radical (unpaired) electrons. The molecule has 2 atom stereocenters. The van der Waals surface area contributed by atoms with E-state index in [-0.39, 0.29) is 18.1 Å². The second kappa shape index (κ2) is 5.44. The molecule has 22 heavy (non-hydrogen) atoms. The summed E-state index contributed by atoms with van der Waals surface area (Å²) in [5, 5.41) is 0. The number of anilines is 2. The number of carbonyl (C=O) groups excluding carboxylic acids is 1. The maximum absolute atomic E-state index is 12.5. The van der Waals surface area contributed by atoms with E-state index in [4.69, 9.17) is 10.5 Å². The first-order chi connectivity index (χ1) is 10.7. The van der Waals surface area contributed by atoms with Gasteiger partial charge in [-0.05, 0) is 30.7 Å². The number of morpholine rings is 1. The van der Waals surface area contributed by atoms with Gasteiger partial charge in [0.2, 0.25) is 0 Å². The zero-order chi connectivity index (χ0) is 15.1. The van der Waals surface area contributed by atoms with Crippen LogP contribution in [0.5, 0.6) is 0 Å². The van der Waals surface area contributed by atoms with Crippen LogP contribution in [-0.4, -0.2) is 62.4 Å². The summed E-state index contributed by atoms with van der Waals surface area (Å²) < 4.78 is 5.38. The van der Waals surface area contributed by atoms with Gasteiger partial charge in [-0.1, -0.05) is 0 Å². The molecule has 0 aromatic heterocycles. The van der Waals surface area contributed by atoms with Gasteiger partial charge < -0.3 is 20.3 Å². The Bertz CT molecular complexity index is 556. The molecule has 0 spiro atoms. The van der Waals surface area contributed by atoms with Crippen molar-refractivity contribution in [1.29, 1.82) is 0 Å². The van der Waals surface area contributed by atoms with Gasteiger partial charge in [0.05, 0.1) is 19.3 Å². The van der Waals surface area contributed by atoms with Crippen LogP contribution in [0.2, 0.25) is 0 Å². The number of nitrogens with zero attached hydrogens (tertiary/aromatic N) is 3. The largest absolute Gasteiger partial charge is 0.378 e. The van der Waals surface area contributed by atoms with Gasteiger partial charge >= 0.3 is 6.03 Å². The third-order valence-corrected chi connectivity index (χ3v) is 4.98. The summed E-state index contributed by atoms with van der Waals surface area (Å²) in [7, 11) is 0. The van der Waals surface area contributed by atoms with Crippen LogP contribution in [0.15, 0.2) is 24.3 Å². The lowest BCUT2D eigenvalue weighted by Gasteiger charge is -2.29. The highest BCUT2D eigenvalue weighted by molar-refractivity contribution is 5.95. The number of carbonyl (C=O) groups is 1. The van der Waals surface area contributed by atoms with E-state index in [2.05, 4.69) is 17.0 Å². The Morgan fingerprint density at radius 1 is 1.05 bits per heavy atom. The second-order valence-electron chi connectivity index (χ2n) is 6.22. The number of hydrogen-bond donors (Lipinski definition) is 1. The highest BCUT2D eigenvalue weighted by Crippen LogP contribution is 2.30. The molecule has 6 nitrogen and oxygen atoms in total. The minimum Gasteiger partial charge on any atom is -0.378 e. The molecule has 4 rings (SSSR count). The highest BCUT2D eigenvalue weighted by atomic mass is 16.5. The summed E-state index contributed by atoms with van der Waals surface area (Å²) in [5.74, 6) is 0. The lowest BCUT2D eigenvalue weighted by molar-refractivity contribution is 0.122. The van der Waals surface area contributed by atoms with Crippen molar-refractivity contribution in [2.24, 2.45) is 5.73 Å². The van der Waals surface area contributed by atoms with Crippen molar-refractivity contribution in [3.8, 4) is 0 Å². The van der Waals surface area contributed by atoms with Crippen molar-refractivity contribution < 1.29 is 9.53 Å². The Balaban J connectivity index is 1.50. The van der Waals surface area contributed by atoms with Crippen molar-refractivity contribution in [3.05, 3.63) is 24.3 Å². The number of ether oxygens (including phenoxy) is 1. The first-order valence-corrected chi connectivity index (χ1v) is 8.00. The van der Waals surface area contributed by atoms with E-state index < -0.39 is 0 Å². The second-order valence-corrected chi connectivity index (χ2v) is 6.22. The average Bonchev–Trinajstić information content (AvgIpc) is 3.09. The Labute approximate surface area is 130 Å². The van der Waals surface area contributed by atoms with Gasteiger partial charge in [-0.3, -0.25) is 4.90 Å². The normalized spacial score (nSPS) is 28.4. The number of rotatable bonds is 2. The van der Waals surface area contributed by atoms with Crippen LogP contribution >= 0.6 is 0 Å². The molecule has 0 saturated carbocycles. The highest BCUT2D eigenvalue weighted by Gasteiger charge is 2.44. The molecule has 3 aliphatic rings. The number of nitrogens with two attached hydrogens (primary N) is 1. The molecule has 3 fully saturated rings. The molecule has 6 heteroatoms.